The first-order valence-electron chi connectivity index (χ1n) is 6.21. The maximum atomic E-state index is 5.75. The van der Waals surface area contributed by atoms with Crippen molar-refractivity contribution in [3.8, 4) is 11.4 Å². The smallest absolute Gasteiger partial charge is 0.178 e. The van der Waals surface area contributed by atoms with Gasteiger partial charge in [-0.2, -0.15) is 0 Å². The second-order valence-electron chi connectivity index (χ2n) is 3.78. The van der Waals surface area contributed by atoms with Gasteiger partial charge in [-0.3, -0.25) is 0 Å². The summed E-state index contributed by atoms with van der Waals surface area (Å²) in [6.45, 7) is 2.05. The molecule has 2 aromatic heterocycles. The van der Waals surface area contributed by atoms with E-state index in [4.69, 9.17) is 1.37 Å². The van der Waals surface area contributed by atoms with Gasteiger partial charge in [0.15, 0.2) is 5.65 Å². The molecule has 0 radical (unpaired) electrons. The molecule has 0 atom stereocenters. The lowest BCUT2D eigenvalue weighted by molar-refractivity contribution is 1.30. The summed E-state index contributed by atoms with van der Waals surface area (Å²) in [6, 6.07) is 12.1. The molecule has 0 fully saturated rings. The average molecular weight is 226 g/mol. The number of rotatable bonds is 1. The van der Waals surface area contributed by atoms with Crippen molar-refractivity contribution in [2.45, 2.75) is 14.3 Å². The van der Waals surface area contributed by atoms with Crippen LogP contribution >= 0.6 is 0 Å². The Balaban J connectivity index is 0.000000574. The molecule has 3 heteroatoms. The highest BCUT2D eigenvalue weighted by Gasteiger charge is 2.06. The van der Waals surface area contributed by atoms with Gasteiger partial charge >= 0.3 is 0 Å². The molecule has 0 aliphatic carbocycles. The minimum Gasteiger partial charge on any atom is -0.336 e. The molecule has 3 nitrogen and oxygen atoms in total. The minimum atomic E-state index is 0.777. The van der Waals surface area contributed by atoms with Crippen LogP contribution in [0.25, 0.3) is 22.6 Å². The number of H-pyrrole nitrogens is 1. The standard InChI is InChI=1S/C13H11N3.CH4/c1-9-7-8-14-13-11(9)15-12(16-13)10-5-3-2-4-6-10;/h2-8H,1H3,(H,14,15,16);1H4/i;1D. The Kier molecular flexibility index (Phi) is 2.58. The van der Waals surface area contributed by atoms with Crippen LogP contribution in [-0.2, 0) is 0 Å². The maximum absolute atomic E-state index is 5.75. The number of nitrogens with one attached hydrogen (secondary N) is 1. The molecule has 0 aliphatic rings. The van der Waals surface area contributed by atoms with Gasteiger partial charge in [0.2, 0.25) is 0 Å². The number of aromatic amines is 1. The van der Waals surface area contributed by atoms with Crippen LogP contribution in [0.2, 0.25) is 0 Å². The van der Waals surface area contributed by atoms with Crippen LogP contribution in [0.4, 0.5) is 0 Å². The third kappa shape index (κ3) is 1.91. The Morgan fingerprint density at radius 2 is 1.94 bits per heavy atom. The molecule has 1 N–H and O–H groups in total. The zero-order valence-corrected chi connectivity index (χ0v) is 9.94. The lowest BCUT2D eigenvalue weighted by atomic mass is 10.2. The summed E-state index contributed by atoms with van der Waals surface area (Å²) in [6.07, 6.45) is 1.78. The van der Waals surface area contributed by atoms with Crippen LogP contribution in [0.5, 0.6) is 0 Å². The van der Waals surface area contributed by atoms with E-state index in [0.717, 1.165) is 22.6 Å². The summed E-state index contributed by atoms with van der Waals surface area (Å²) in [4.78, 5) is 12.0. The molecule has 0 aliphatic heterocycles. The first-order chi connectivity index (χ1) is 8.84. The molecule has 3 rings (SSSR count). The van der Waals surface area contributed by atoms with Crippen molar-refractivity contribution in [2.75, 3.05) is 0 Å². The monoisotopic (exact) mass is 226 g/mol. The Bertz CT molecular complexity index is 632. The van der Waals surface area contributed by atoms with Crippen molar-refractivity contribution in [2.24, 2.45) is 0 Å². The van der Waals surface area contributed by atoms with Crippen LogP contribution < -0.4 is 0 Å². The van der Waals surface area contributed by atoms with Crippen LogP contribution in [0.1, 0.15) is 14.3 Å². The third-order valence-electron chi connectivity index (χ3n) is 2.65. The molecule has 3 aromatic rings. The number of hydrogen-bond acceptors (Lipinski definition) is 2. The number of aromatic nitrogens is 3. The van der Waals surface area contributed by atoms with Gasteiger partial charge in [0, 0.05) is 13.1 Å². The van der Waals surface area contributed by atoms with E-state index in [1.54, 1.807) is 6.20 Å². The van der Waals surface area contributed by atoms with E-state index in [9.17, 15) is 0 Å². The van der Waals surface area contributed by atoms with Crippen molar-refractivity contribution in [3.05, 3.63) is 48.2 Å². The highest BCUT2D eigenvalue weighted by molar-refractivity contribution is 5.78. The van der Waals surface area contributed by atoms with Crippen LogP contribution in [0.3, 0.4) is 0 Å². The molecule has 0 unspecified atom stereocenters. The summed E-state index contributed by atoms with van der Waals surface area (Å²) in [5.41, 5.74) is 4.04. The second-order valence-corrected chi connectivity index (χ2v) is 3.78. The summed E-state index contributed by atoms with van der Waals surface area (Å²) in [5, 5.41) is 0. The van der Waals surface area contributed by atoms with Crippen molar-refractivity contribution >= 4 is 11.2 Å². The van der Waals surface area contributed by atoms with E-state index in [-0.39, 0.29) is 0 Å². The number of imidazole rings is 1. The van der Waals surface area contributed by atoms with E-state index >= 15 is 0 Å². The quantitative estimate of drug-likeness (QED) is 0.689. The van der Waals surface area contributed by atoms with E-state index in [0.29, 0.717) is 0 Å². The molecular formula is C14H15N3. The van der Waals surface area contributed by atoms with Crippen LogP contribution in [0, 0.1) is 6.92 Å². The third-order valence-corrected chi connectivity index (χ3v) is 2.65. The molecule has 1 aromatic carbocycles. The minimum absolute atomic E-state index is 0.777. The Morgan fingerprint density at radius 1 is 1.18 bits per heavy atom. The summed E-state index contributed by atoms with van der Waals surface area (Å²) in [5.74, 6) is 0.873. The molecular weight excluding hydrogens is 210 g/mol. The predicted octanol–water partition coefficient (Wildman–Crippen LogP) is 3.57. The van der Waals surface area contributed by atoms with Gasteiger partial charge in [-0.25, -0.2) is 9.97 Å². The normalized spacial score (nSPS) is 10.6. The average Bonchev–Trinajstić information content (AvgIpc) is 2.88. The number of benzene rings is 1. The molecule has 0 saturated carbocycles. The van der Waals surface area contributed by atoms with E-state index in [1.165, 1.54) is 13.0 Å². The molecule has 0 spiro atoms. The fourth-order valence-corrected chi connectivity index (χ4v) is 1.77. The second kappa shape index (κ2) is 4.37. The maximum Gasteiger partial charge on any atom is 0.178 e. The van der Waals surface area contributed by atoms with Gasteiger partial charge in [-0.1, -0.05) is 37.7 Å². The van der Waals surface area contributed by atoms with Gasteiger partial charge < -0.3 is 4.98 Å². The molecule has 0 bridgehead atoms. The molecule has 0 amide bonds. The SMILES string of the molecule is Cc1ccnc2nc(-c3ccccc3)[nH]c12.[2H]C. The number of nitrogens with zero attached hydrogens (tertiary/aromatic N) is 2. The van der Waals surface area contributed by atoms with Gasteiger partial charge in [-0.05, 0) is 18.6 Å². The first kappa shape index (κ1) is 10.0. The Hall–Kier alpha value is -2.16. The van der Waals surface area contributed by atoms with Gasteiger partial charge in [0.25, 0.3) is 0 Å². The molecule has 2 heterocycles. The Morgan fingerprint density at radius 3 is 2.65 bits per heavy atom. The largest absolute Gasteiger partial charge is 0.336 e. The fraction of sp³-hybridized carbons (Fsp3) is 0.143. The van der Waals surface area contributed by atoms with Crippen molar-refractivity contribution < 1.29 is 1.37 Å². The lowest BCUT2D eigenvalue weighted by Gasteiger charge is -1.93. The fourth-order valence-electron chi connectivity index (χ4n) is 1.77. The van der Waals surface area contributed by atoms with E-state index in [1.807, 2.05) is 36.4 Å². The molecule has 0 saturated heterocycles. The van der Waals surface area contributed by atoms with E-state index in [2.05, 4.69) is 21.9 Å². The van der Waals surface area contributed by atoms with Gasteiger partial charge in [-0.15, -0.1) is 0 Å². The molecule has 86 valence electrons. The zero-order chi connectivity index (χ0) is 13.0. The van der Waals surface area contributed by atoms with Gasteiger partial charge in [0.1, 0.15) is 5.82 Å². The number of hydrogen-bond donors (Lipinski definition) is 1. The first-order valence-corrected chi connectivity index (χ1v) is 5.21. The van der Waals surface area contributed by atoms with Gasteiger partial charge in [0.05, 0.1) is 5.52 Å². The van der Waals surface area contributed by atoms with Crippen molar-refractivity contribution in [1.82, 2.24) is 15.0 Å². The van der Waals surface area contributed by atoms with Crippen LogP contribution in [-0.4, -0.2) is 15.0 Å². The van der Waals surface area contributed by atoms with Crippen molar-refractivity contribution in [1.29, 1.82) is 0 Å². The summed E-state index contributed by atoms with van der Waals surface area (Å²) >= 11 is 0. The summed E-state index contributed by atoms with van der Waals surface area (Å²) in [7, 11) is 1.25. The number of pyridine rings is 1. The lowest BCUT2D eigenvalue weighted by Crippen LogP contribution is -1.78. The topological polar surface area (TPSA) is 41.6 Å². The highest BCUT2D eigenvalue weighted by atomic mass is 15.0. The zero-order valence-electron chi connectivity index (χ0n) is 10.9. The Labute approximate surface area is 102 Å². The van der Waals surface area contributed by atoms with Crippen LogP contribution in [0.15, 0.2) is 42.6 Å². The number of fused-ring (bicyclic) bond motifs is 1. The van der Waals surface area contributed by atoms with Crippen molar-refractivity contribution in [3.63, 3.8) is 0 Å². The summed E-state index contributed by atoms with van der Waals surface area (Å²) < 4.78 is 5.75. The number of aryl methyl sites for hydroxylation is 1. The highest BCUT2D eigenvalue weighted by Crippen LogP contribution is 2.20. The predicted molar refractivity (Wildman–Crippen MR) is 70.8 cm³/mol. The van der Waals surface area contributed by atoms with E-state index < -0.39 is 0 Å². The molecule has 17 heavy (non-hydrogen) atoms.